The van der Waals surface area contributed by atoms with Crippen LogP contribution in [0.25, 0.3) is 0 Å². The van der Waals surface area contributed by atoms with Crippen molar-refractivity contribution in [1.29, 1.82) is 0 Å². The Morgan fingerprint density at radius 2 is 2.14 bits per heavy atom. The van der Waals surface area contributed by atoms with E-state index in [1.165, 1.54) is 7.11 Å². The lowest BCUT2D eigenvalue weighted by molar-refractivity contribution is -0.139. The standard InChI is InChI=1S/C15H18N2O5/c1-4-22-14(19)11-8(2)16-15(20)17-12(11)9-6-5-7-10(21-3)13(9)18/h5-7,12,18H,4H2,1-3H3,(H2,16,17,20). The van der Waals surface area contributed by atoms with Gasteiger partial charge in [0.1, 0.15) is 0 Å². The zero-order valence-electron chi connectivity index (χ0n) is 12.6. The topological polar surface area (TPSA) is 96.9 Å². The minimum absolute atomic E-state index is 0.133. The van der Waals surface area contributed by atoms with Crippen LogP contribution in [0, 0.1) is 0 Å². The zero-order chi connectivity index (χ0) is 16.3. The van der Waals surface area contributed by atoms with Crippen LogP contribution in [-0.4, -0.2) is 30.8 Å². The van der Waals surface area contributed by atoms with Crippen LogP contribution in [0.15, 0.2) is 29.5 Å². The van der Waals surface area contributed by atoms with E-state index >= 15 is 0 Å². The van der Waals surface area contributed by atoms with Crippen LogP contribution in [-0.2, 0) is 9.53 Å². The van der Waals surface area contributed by atoms with E-state index in [1.807, 2.05) is 0 Å². The van der Waals surface area contributed by atoms with E-state index in [9.17, 15) is 14.7 Å². The summed E-state index contributed by atoms with van der Waals surface area (Å²) in [6, 6.07) is 3.59. The Balaban J connectivity index is 2.53. The second-order valence-electron chi connectivity index (χ2n) is 4.69. The molecule has 118 valence electrons. The summed E-state index contributed by atoms with van der Waals surface area (Å²) in [6.07, 6.45) is 0. The Kier molecular flexibility index (Phi) is 4.55. The van der Waals surface area contributed by atoms with Gasteiger partial charge in [0.05, 0.1) is 25.3 Å². The summed E-state index contributed by atoms with van der Waals surface area (Å²) in [5.41, 5.74) is 0.982. The van der Waals surface area contributed by atoms with E-state index in [-0.39, 0.29) is 23.7 Å². The molecule has 1 aromatic carbocycles. The van der Waals surface area contributed by atoms with Gasteiger partial charge in [0, 0.05) is 11.3 Å². The van der Waals surface area contributed by atoms with Crippen molar-refractivity contribution in [1.82, 2.24) is 10.6 Å². The van der Waals surface area contributed by atoms with Crippen molar-refractivity contribution in [2.45, 2.75) is 19.9 Å². The van der Waals surface area contributed by atoms with Gasteiger partial charge >= 0.3 is 12.0 Å². The number of phenolic OH excluding ortho intramolecular Hbond substituents is 1. The van der Waals surface area contributed by atoms with E-state index in [0.29, 0.717) is 11.3 Å². The van der Waals surface area contributed by atoms with Gasteiger partial charge < -0.3 is 25.2 Å². The first-order valence-electron chi connectivity index (χ1n) is 6.80. The number of hydrogen-bond donors (Lipinski definition) is 3. The van der Waals surface area contributed by atoms with E-state index in [1.54, 1.807) is 32.0 Å². The number of ether oxygens (including phenoxy) is 2. The number of methoxy groups -OCH3 is 1. The lowest BCUT2D eigenvalue weighted by atomic mass is 9.94. The molecule has 0 saturated heterocycles. The third-order valence-electron chi connectivity index (χ3n) is 3.33. The van der Waals surface area contributed by atoms with Gasteiger partial charge in [-0.15, -0.1) is 0 Å². The number of urea groups is 1. The monoisotopic (exact) mass is 306 g/mol. The van der Waals surface area contributed by atoms with E-state index < -0.39 is 18.0 Å². The normalized spacial score (nSPS) is 17.6. The molecule has 0 aromatic heterocycles. The van der Waals surface area contributed by atoms with Gasteiger partial charge in [-0.3, -0.25) is 0 Å². The Morgan fingerprint density at radius 1 is 1.41 bits per heavy atom. The number of rotatable bonds is 4. The molecule has 7 heteroatoms. The Morgan fingerprint density at radius 3 is 2.77 bits per heavy atom. The number of allylic oxidation sites excluding steroid dienone is 1. The van der Waals surface area contributed by atoms with E-state index in [0.717, 1.165) is 0 Å². The molecular formula is C15H18N2O5. The fraction of sp³-hybridized carbons (Fsp3) is 0.333. The summed E-state index contributed by atoms with van der Waals surface area (Å²) in [4.78, 5) is 23.9. The predicted octanol–water partition coefficient (Wildman–Crippen LogP) is 1.59. The Labute approximate surface area is 127 Å². The molecule has 2 amide bonds. The molecule has 0 fully saturated rings. The van der Waals surface area contributed by atoms with E-state index in [4.69, 9.17) is 9.47 Å². The first kappa shape index (κ1) is 15.7. The smallest absolute Gasteiger partial charge is 0.338 e. The average molecular weight is 306 g/mol. The lowest BCUT2D eigenvalue weighted by Crippen LogP contribution is -2.45. The highest BCUT2D eigenvalue weighted by atomic mass is 16.5. The van der Waals surface area contributed by atoms with Crippen molar-refractivity contribution >= 4 is 12.0 Å². The summed E-state index contributed by atoms with van der Waals surface area (Å²) in [7, 11) is 1.42. The summed E-state index contributed by atoms with van der Waals surface area (Å²) >= 11 is 0. The van der Waals surface area contributed by atoms with Crippen molar-refractivity contribution in [3.05, 3.63) is 35.0 Å². The third kappa shape index (κ3) is 2.83. The second-order valence-corrected chi connectivity index (χ2v) is 4.69. The molecule has 1 aliphatic rings. The molecule has 7 nitrogen and oxygen atoms in total. The zero-order valence-corrected chi connectivity index (χ0v) is 12.6. The van der Waals surface area contributed by atoms with Crippen LogP contribution >= 0.6 is 0 Å². The molecule has 22 heavy (non-hydrogen) atoms. The highest BCUT2D eigenvalue weighted by Gasteiger charge is 2.34. The van der Waals surface area contributed by atoms with Gasteiger partial charge in [-0.05, 0) is 19.9 Å². The number of carbonyl (C=O) groups excluding carboxylic acids is 2. The molecule has 0 spiro atoms. The van der Waals surface area contributed by atoms with Gasteiger partial charge in [-0.2, -0.15) is 0 Å². The number of amides is 2. The largest absolute Gasteiger partial charge is 0.504 e. The molecule has 0 radical (unpaired) electrons. The van der Waals surface area contributed by atoms with Crippen LogP contribution in [0.2, 0.25) is 0 Å². The number of aromatic hydroxyl groups is 1. The fourth-order valence-corrected chi connectivity index (χ4v) is 2.34. The molecule has 1 heterocycles. The average Bonchev–Trinajstić information content (AvgIpc) is 2.46. The van der Waals surface area contributed by atoms with Gasteiger partial charge in [-0.25, -0.2) is 9.59 Å². The number of hydrogen-bond acceptors (Lipinski definition) is 5. The number of para-hydroxylation sites is 1. The predicted molar refractivity (Wildman–Crippen MR) is 78.4 cm³/mol. The number of carbonyl (C=O) groups is 2. The van der Waals surface area contributed by atoms with Crippen LogP contribution in [0.5, 0.6) is 11.5 Å². The quantitative estimate of drug-likeness (QED) is 0.734. The second kappa shape index (κ2) is 6.38. The van der Waals surface area contributed by atoms with Crippen LogP contribution < -0.4 is 15.4 Å². The molecule has 1 aliphatic heterocycles. The van der Waals surface area contributed by atoms with Gasteiger partial charge in [0.2, 0.25) is 0 Å². The molecule has 1 atom stereocenters. The molecular weight excluding hydrogens is 288 g/mol. The minimum Gasteiger partial charge on any atom is -0.504 e. The van der Waals surface area contributed by atoms with Crippen molar-refractivity contribution in [2.75, 3.05) is 13.7 Å². The first-order valence-corrected chi connectivity index (χ1v) is 6.80. The Hall–Kier alpha value is -2.70. The molecule has 0 saturated carbocycles. The maximum atomic E-state index is 12.2. The fourth-order valence-electron chi connectivity index (χ4n) is 2.34. The van der Waals surface area contributed by atoms with Crippen molar-refractivity contribution in [3.8, 4) is 11.5 Å². The van der Waals surface area contributed by atoms with Crippen molar-refractivity contribution in [2.24, 2.45) is 0 Å². The number of phenols is 1. The summed E-state index contributed by atoms with van der Waals surface area (Å²) in [5, 5.41) is 15.4. The van der Waals surface area contributed by atoms with E-state index in [2.05, 4.69) is 10.6 Å². The van der Waals surface area contributed by atoms with Crippen LogP contribution in [0.1, 0.15) is 25.5 Å². The molecule has 3 N–H and O–H groups in total. The van der Waals surface area contributed by atoms with Gasteiger partial charge in [-0.1, -0.05) is 12.1 Å². The molecule has 0 aliphatic carbocycles. The van der Waals surface area contributed by atoms with Crippen LogP contribution in [0.3, 0.4) is 0 Å². The van der Waals surface area contributed by atoms with Gasteiger partial charge in [0.25, 0.3) is 0 Å². The SMILES string of the molecule is CCOC(=O)C1=C(C)NC(=O)NC1c1cccc(OC)c1O. The lowest BCUT2D eigenvalue weighted by Gasteiger charge is -2.28. The third-order valence-corrected chi connectivity index (χ3v) is 3.33. The highest BCUT2D eigenvalue weighted by Crippen LogP contribution is 2.38. The molecule has 0 bridgehead atoms. The molecule has 2 rings (SSSR count). The van der Waals surface area contributed by atoms with Crippen molar-refractivity contribution in [3.63, 3.8) is 0 Å². The minimum atomic E-state index is -0.817. The Bertz CT molecular complexity index is 639. The van der Waals surface area contributed by atoms with Gasteiger partial charge in [0.15, 0.2) is 11.5 Å². The molecule has 1 aromatic rings. The number of esters is 1. The summed E-state index contributed by atoms with van der Waals surface area (Å²) < 4.78 is 10.1. The summed E-state index contributed by atoms with van der Waals surface area (Å²) in [6.45, 7) is 3.51. The first-order chi connectivity index (χ1) is 10.5. The van der Waals surface area contributed by atoms with Crippen LogP contribution in [0.4, 0.5) is 4.79 Å². The maximum Gasteiger partial charge on any atom is 0.338 e. The summed E-state index contributed by atoms with van der Waals surface area (Å²) in [5.74, 6) is -0.433. The molecule has 1 unspecified atom stereocenters. The number of benzene rings is 1. The van der Waals surface area contributed by atoms with Crippen molar-refractivity contribution < 1.29 is 24.2 Å². The highest BCUT2D eigenvalue weighted by molar-refractivity contribution is 5.95. The number of nitrogens with one attached hydrogen (secondary N) is 2. The maximum absolute atomic E-state index is 12.2.